The van der Waals surface area contributed by atoms with Crippen molar-refractivity contribution in [3.05, 3.63) is 34.1 Å². The van der Waals surface area contributed by atoms with Crippen LogP contribution in [-0.4, -0.2) is 10.7 Å². The molecule has 0 saturated heterocycles. The van der Waals surface area contributed by atoms with Gasteiger partial charge in [-0.15, -0.1) is 0 Å². The number of benzene rings is 1. The molecule has 1 fully saturated rings. The Hall–Kier alpha value is -0.410. The van der Waals surface area contributed by atoms with Gasteiger partial charge in [0.05, 0.1) is 5.60 Å². The Labute approximate surface area is 123 Å². The summed E-state index contributed by atoms with van der Waals surface area (Å²) in [5, 5.41) is 10.8. The first-order chi connectivity index (χ1) is 9.02. The molecule has 1 N–H and O–H groups in total. The van der Waals surface area contributed by atoms with Crippen molar-refractivity contribution >= 4 is 15.9 Å². The third-order valence-corrected chi connectivity index (χ3v) is 5.12. The third kappa shape index (κ3) is 4.03. The zero-order valence-electron chi connectivity index (χ0n) is 11.5. The molecule has 1 aliphatic carbocycles. The van der Waals surface area contributed by atoms with E-state index in [0.29, 0.717) is 6.42 Å². The van der Waals surface area contributed by atoms with E-state index < -0.39 is 5.60 Å². The molecule has 3 heteroatoms. The molecule has 2 atom stereocenters. The number of hydrogen-bond donors (Lipinski definition) is 1. The lowest BCUT2D eigenvalue weighted by Gasteiger charge is -2.27. The topological polar surface area (TPSA) is 20.2 Å². The van der Waals surface area contributed by atoms with Crippen LogP contribution in [0.3, 0.4) is 0 Å². The van der Waals surface area contributed by atoms with Gasteiger partial charge in [0.15, 0.2) is 0 Å². The summed E-state index contributed by atoms with van der Waals surface area (Å²) in [6.07, 6.45) is 6.95. The maximum atomic E-state index is 13.1. The second kappa shape index (κ2) is 6.36. The molecule has 0 aromatic heterocycles. The highest BCUT2D eigenvalue weighted by Crippen LogP contribution is 2.35. The minimum absolute atomic E-state index is 0.241. The van der Waals surface area contributed by atoms with Crippen molar-refractivity contribution in [1.82, 2.24) is 0 Å². The molecule has 0 bridgehead atoms. The molecule has 106 valence electrons. The lowest BCUT2D eigenvalue weighted by atomic mass is 9.87. The van der Waals surface area contributed by atoms with E-state index in [9.17, 15) is 9.50 Å². The Morgan fingerprint density at radius 2 is 2.16 bits per heavy atom. The molecule has 1 nitrogen and oxygen atoms in total. The predicted molar refractivity (Wildman–Crippen MR) is 79.6 cm³/mol. The molecule has 1 saturated carbocycles. The summed E-state index contributed by atoms with van der Waals surface area (Å²) in [4.78, 5) is 0. The van der Waals surface area contributed by atoms with Crippen LogP contribution >= 0.6 is 15.9 Å². The largest absolute Gasteiger partial charge is 0.390 e. The van der Waals surface area contributed by atoms with E-state index in [-0.39, 0.29) is 5.82 Å². The van der Waals surface area contributed by atoms with Crippen LogP contribution in [0.2, 0.25) is 0 Å². The van der Waals surface area contributed by atoms with Crippen LogP contribution in [0.15, 0.2) is 22.7 Å². The molecule has 0 spiro atoms. The first-order valence-corrected chi connectivity index (χ1v) is 7.98. The molecule has 1 aromatic rings. The van der Waals surface area contributed by atoms with E-state index in [4.69, 9.17) is 0 Å². The lowest BCUT2D eigenvalue weighted by molar-refractivity contribution is 0.0240. The van der Waals surface area contributed by atoms with Gasteiger partial charge in [-0.1, -0.05) is 48.2 Å². The Kier molecular flexibility index (Phi) is 5.02. The van der Waals surface area contributed by atoms with Gasteiger partial charge in [-0.05, 0) is 42.9 Å². The molecule has 0 radical (unpaired) electrons. The monoisotopic (exact) mass is 328 g/mol. The van der Waals surface area contributed by atoms with Crippen molar-refractivity contribution in [2.75, 3.05) is 0 Å². The fourth-order valence-electron chi connectivity index (χ4n) is 3.07. The number of aliphatic hydroxyl groups is 1. The lowest BCUT2D eigenvalue weighted by Crippen LogP contribution is -2.30. The van der Waals surface area contributed by atoms with E-state index in [0.717, 1.165) is 41.6 Å². The smallest absolute Gasteiger partial charge is 0.124 e. The van der Waals surface area contributed by atoms with Crippen LogP contribution < -0.4 is 0 Å². The summed E-state index contributed by atoms with van der Waals surface area (Å²) in [5.41, 5.74) is 0.378. The van der Waals surface area contributed by atoms with Gasteiger partial charge in [0.2, 0.25) is 0 Å². The second-order valence-corrected chi connectivity index (χ2v) is 6.70. The molecule has 19 heavy (non-hydrogen) atoms. The molecule has 1 aromatic carbocycles. The fourth-order valence-corrected chi connectivity index (χ4v) is 3.56. The van der Waals surface area contributed by atoms with Crippen molar-refractivity contribution in [2.45, 2.75) is 57.5 Å². The van der Waals surface area contributed by atoms with Crippen molar-refractivity contribution in [1.29, 1.82) is 0 Å². The highest BCUT2D eigenvalue weighted by Gasteiger charge is 2.31. The Balaban J connectivity index is 2.08. The molecule has 0 heterocycles. The van der Waals surface area contributed by atoms with Gasteiger partial charge in [0, 0.05) is 10.9 Å². The highest BCUT2D eigenvalue weighted by molar-refractivity contribution is 9.10. The molecule has 1 aliphatic rings. The van der Waals surface area contributed by atoms with Gasteiger partial charge < -0.3 is 5.11 Å². The van der Waals surface area contributed by atoms with E-state index in [1.165, 1.54) is 25.0 Å². The first-order valence-electron chi connectivity index (χ1n) is 7.19. The second-order valence-electron chi connectivity index (χ2n) is 5.84. The molecule has 0 aliphatic heterocycles. The van der Waals surface area contributed by atoms with Gasteiger partial charge in [-0.25, -0.2) is 4.39 Å². The Morgan fingerprint density at radius 1 is 1.37 bits per heavy atom. The zero-order valence-corrected chi connectivity index (χ0v) is 13.0. The van der Waals surface area contributed by atoms with Crippen LogP contribution in [0.4, 0.5) is 4.39 Å². The van der Waals surface area contributed by atoms with Gasteiger partial charge >= 0.3 is 0 Å². The quantitative estimate of drug-likeness (QED) is 0.786. The van der Waals surface area contributed by atoms with Crippen molar-refractivity contribution < 1.29 is 9.50 Å². The van der Waals surface area contributed by atoms with E-state index in [1.54, 1.807) is 6.07 Å². The fraction of sp³-hybridized carbons (Fsp3) is 0.625. The highest BCUT2D eigenvalue weighted by atomic mass is 79.9. The van der Waals surface area contributed by atoms with Gasteiger partial charge in [0.25, 0.3) is 0 Å². The number of halogens is 2. The van der Waals surface area contributed by atoms with E-state index in [1.807, 2.05) is 0 Å². The Morgan fingerprint density at radius 3 is 2.84 bits per heavy atom. The van der Waals surface area contributed by atoms with Gasteiger partial charge in [-0.3, -0.25) is 0 Å². The van der Waals surface area contributed by atoms with Crippen molar-refractivity contribution in [3.63, 3.8) is 0 Å². The van der Waals surface area contributed by atoms with Crippen molar-refractivity contribution in [3.8, 4) is 0 Å². The SMILES string of the molecule is CCC1CCCC(O)(Cc2ccc(F)cc2Br)CC1. The molecular formula is C16H22BrFO. The molecular weight excluding hydrogens is 307 g/mol. The summed E-state index contributed by atoms with van der Waals surface area (Å²) in [6.45, 7) is 2.23. The molecule has 2 rings (SSSR count). The molecule has 2 unspecified atom stereocenters. The van der Waals surface area contributed by atoms with Crippen LogP contribution in [-0.2, 0) is 6.42 Å². The van der Waals surface area contributed by atoms with Crippen LogP contribution in [0, 0.1) is 11.7 Å². The standard InChI is InChI=1S/C16H22BrFO/c1-2-12-4-3-8-16(19,9-7-12)11-13-5-6-14(18)10-15(13)17/h5-6,10,12,19H,2-4,7-9,11H2,1H3. The van der Waals surface area contributed by atoms with Gasteiger partial charge in [0.1, 0.15) is 5.82 Å². The summed E-state index contributed by atoms with van der Waals surface area (Å²) >= 11 is 3.39. The first kappa shape index (κ1) is 15.0. The average molecular weight is 329 g/mol. The van der Waals surface area contributed by atoms with Gasteiger partial charge in [-0.2, -0.15) is 0 Å². The van der Waals surface area contributed by atoms with Crippen LogP contribution in [0.1, 0.15) is 51.0 Å². The maximum absolute atomic E-state index is 13.1. The minimum atomic E-state index is -0.621. The maximum Gasteiger partial charge on any atom is 0.124 e. The average Bonchev–Trinajstić information content (AvgIpc) is 2.55. The van der Waals surface area contributed by atoms with E-state index in [2.05, 4.69) is 22.9 Å². The third-order valence-electron chi connectivity index (χ3n) is 4.38. The summed E-state index contributed by atoms with van der Waals surface area (Å²) in [5.74, 6) is 0.514. The summed E-state index contributed by atoms with van der Waals surface area (Å²) < 4.78 is 13.9. The Bertz CT molecular complexity index is 435. The normalized spacial score (nSPS) is 28.1. The van der Waals surface area contributed by atoms with Crippen molar-refractivity contribution in [2.24, 2.45) is 5.92 Å². The predicted octanol–water partition coefficient (Wildman–Crippen LogP) is 4.85. The van der Waals surface area contributed by atoms with Crippen LogP contribution in [0.25, 0.3) is 0 Å². The molecule has 0 amide bonds. The van der Waals surface area contributed by atoms with E-state index >= 15 is 0 Å². The zero-order chi connectivity index (χ0) is 13.9. The number of rotatable bonds is 3. The number of hydrogen-bond acceptors (Lipinski definition) is 1. The summed E-state index contributed by atoms with van der Waals surface area (Å²) in [7, 11) is 0. The van der Waals surface area contributed by atoms with Crippen LogP contribution in [0.5, 0.6) is 0 Å². The summed E-state index contributed by atoms with van der Waals surface area (Å²) in [6, 6.07) is 4.72. The minimum Gasteiger partial charge on any atom is -0.390 e.